The predicted octanol–water partition coefficient (Wildman–Crippen LogP) is 2.49. The maximum atomic E-state index is 9.96. The summed E-state index contributed by atoms with van der Waals surface area (Å²) in [6.07, 6.45) is 2.13. The van der Waals surface area contributed by atoms with Gasteiger partial charge in [-0.2, -0.15) is 5.10 Å². The van der Waals surface area contributed by atoms with E-state index in [4.69, 9.17) is 16.3 Å². The molecule has 5 nitrogen and oxygen atoms in total. The van der Waals surface area contributed by atoms with E-state index in [-0.39, 0.29) is 6.61 Å². The fourth-order valence-corrected chi connectivity index (χ4v) is 2.16. The second kappa shape index (κ2) is 7.33. The summed E-state index contributed by atoms with van der Waals surface area (Å²) in [5.41, 5.74) is 1.93. The minimum absolute atomic E-state index is 0.203. The second-order valence-corrected chi connectivity index (χ2v) is 5.26. The summed E-state index contributed by atoms with van der Waals surface area (Å²) >= 11 is 5.87. The lowest BCUT2D eigenvalue weighted by Crippen LogP contribution is -2.26. The molecule has 1 atom stereocenters. The van der Waals surface area contributed by atoms with Crippen molar-refractivity contribution >= 4 is 17.3 Å². The Morgan fingerprint density at radius 3 is 3.00 bits per heavy atom. The number of aryl methyl sites for hydroxylation is 2. The van der Waals surface area contributed by atoms with Crippen LogP contribution in [0.2, 0.25) is 5.02 Å². The molecule has 0 saturated heterocycles. The minimum atomic E-state index is -0.617. The molecule has 0 aliphatic carbocycles. The van der Waals surface area contributed by atoms with Crippen LogP contribution in [0.25, 0.3) is 0 Å². The van der Waals surface area contributed by atoms with Gasteiger partial charge in [0, 0.05) is 24.8 Å². The number of aromatic nitrogens is 2. The first-order valence-electron chi connectivity index (χ1n) is 6.91. The molecule has 0 aliphatic heterocycles. The summed E-state index contributed by atoms with van der Waals surface area (Å²) in [4.78, 5) is 0. The Balaban J connectivity index is 1.80. The van der Waals surface area contributed by atoms with E-state index in [1.54, 1.807) is 16.8 Å². The largest absolute Gasteiger partial charge is 0.491 e. The van der Waals surface area contributed by atoms with Crippen molar-refractivity contribution in [3.8, 4) is 5.75 Å². The van der Waals surface area contributed by atoms with Crippen LogP contribution < -0.4 is 10.1 Å². The Bertz CT molecular complexity index is 586. The van der Waals surface area contributed by atoms with Gasteiger partial charge in [0.05, 0.1) is 11.4 Å². The molecule has 1 aromatic carbocycles. The van der Waals surface area contributed by atoms with Gasteiger partial charge in [-0.25, -0.2) is 0 Å². The van der Waals surface area contributed by atoms with Crippen LogP contribution in [0.4, 0.5) is 5.69 Å². The second-order valence-electron chi connectivity index (χ2n) is 4.82. The average molecular weight is 310 g/mol. The Hall–Kier alpha value is -1.72. The lowest BCUT2D eigenvalue weighted by Gasteiger charge is -2.14. The molecular weight excluding hydrogens is 290 g/mol. The van der Waals surface area contributed by atoms with Crippen LogP contribution in [-0.2, 0) is 13.5 Å². The van der Waals surface area contributed by atoms with Gasteiger partial charge in [0.1, 0.15) is 18.5 Å². The van der Waals surface area contributed by atoms with Crippen molar-refractivity contribution in [2.24, 2.45) is 7.05 Å². The molecule has 0 bridgehead atoms. The van der Waals surface area contributed by atoms with Crippen LogP contribution >= 0.6 is 11.6 Å². The number of halogens is 1. The number of hydrogen-bond donors (Lipinski definition) is 2. The van der Waals surface area contributed by atoms with Gasteiger partial charge >= 0.3 is 0 Å². The highest BCUT2D eigenvalue weighted by Crippen LogP contribution is 2.17. The summed E-state index contributed by atoms with van der Waals surface area (Å²) in [5, 5.41) is 18.1. The van der Waals surface area contributed by atoms with E-state index in [0.29, 0.717) is 17.3 Å². The molecule has 1 aromatic heterocycles. The number of nitrogens with one attached hydrogen (secondary N) is 1. The van der Waals surface area contributed by atoms with E-state index < -0.39 is 6.10 Å². The maximum absolute atomic E-state index is 9.96. The first-order valence-corrected chi connectivity index (χ1v) is 7.29. The van der Waals surface area contributed by atoms with Crippen molar-refractivity contribution in [2.45, 2.75) is 19.4 Å². The number of aliphatic hydroxyl groups is 1. The molecule has 21 heavy (non-hydrogen) atoms. The van der Waals surface area contributed by atoms with Gasteiger partial charge in [-0.1, -0.05) is 24.6 Å². The highest BCUT2D eigenvalue weighted by atomic mass is 35.5. The summed E-state index contributed by atoms with van der Waals surface area (Å²) in [7, 11) is 1.88. The van der Waals surface area contributed by atoms with Crippen LogP contribution in [-0.4, -0.2) is 34.1 Å². The Morgan fingerprint density at radius 2 is 2.29 bits per heavy atom. The molecule has 1 unspecified atom stereocenters. The predicted molar refractivity (Wildman–Crippen MR) is 84.0 cm³/mol. The standard InChI is InChI=1S/C15H20ClN3O2/c1-3-14-15(9-19(2)18-14)17-8-12(20)10-21-13-6-4-5-11(16)7-13/h4-7,9,12,17,20H,3,8,10H2,1-2H3. The first-order chi connectivity index (χ1) is 10.1. The van der Waals surface area contributed by atoms with E-state index in [0.717, 1.165) is 17.8 Å². The van der Waals surface area contributed by atoms with E-state index in [1.165, 1.54) is 0 Å². The van der Waals surface area contributed by atoms with Crippen molar-refractivity contribution in [1.82, 2.24) is 9.78 Å². The molecule has 2 N–H and O–H groups in total. The molecule has 0 aliphatic rings. The molecular formula is C15H20ClN3O2. The third-order valence-electron chi connectivity index (χ3n) is 3.01. The highest BCUT2D eigenvalue weighted by Gasteiger charge is 2.09. The minimum Gasteiger partial charge on any atom is -0.491 e. The quantitative estimate of drug-likeness (QED) is 0.825. The average Bonchev–Trinajstić information content (AvgIpc) is 2.83. The van der Waals surface area contributed by atoms with E-state index in [1.807, 2.05) is 32.3 Å². The number of anilines is 1. The summed E-state index contributed by atoms with van der Waals surface area (Å²) in [6, 6.07) is 7.12. The maximum Gasteiger partial charge on any atom is 0.120 e. The molecule has 1 heterocycles. The van der Waals surface area contributed by atoms with Gasteiger partial charge in [0.2, 0.25) is 0 Å². The molecule has 0 radical (unpaired) electrons. The molecule has 0 saturated carbocycles. The number of rotatable bonds is 7. The topological polar surface area (TPSA) is 59.3 Å². The summed E-state index contributed by atoms with van der Waals surface area (Å²) in [5.74, 6) is 0.650. The molecule has 6 heteroatoms. The zero-order valence-electron chi connectivity index (χ0n) is 12.2. The van der Waals surface area contributed by atoms with Crippen LogP contribution in [0.1, 0.15) is 12.6 Å². The van der Waals surface area contributed by atoms with E-state index in [2.05, 4.69) is 10.4 Å². The Kier molecular flexibility index (Phi) is 5.47. The third-order valence-corrected chi connectivity index (χ3v) is 3.24. The third kappa shape index (κ3) is 4.65. The number of aliphatic hydroxyl groups excluding tert-OH is 1. The zero-order chi connectivity index (χ0) is 15.2. The molecule has 0 spiro atoms. The molecule has 0 amide bonds. The van der Waals surface area contributed by atoms with Gasteiger partial charge < -0.3 is 15.2 Å². The van der Waals surface area contributed by atoms with Gasteiger partial charge in [0.15, 0.2) is 0 Å². The van der Waals surface area contributed by atoms with Crippen molar-refractivity contribution in [2.75, 3.05) is 18.5 Å². The van der Waals surface area contributed by atoms with Gasteiger partial charge in [-0.3, -0.25) is 4.68 Å². The summed E-state index contributed by atoms with van der Waals surface area (Å²) < 4.78 is 7.26. The normalized spacial score (nSPS) is 12.2. The lowest BCUT2D eigenvalue weighted by molar-refractivity contribution is 0.117. The van der Waals surface area contributed by atoms with Crippen molar-refractivity contribution in [3.05, 3.63) is 41.2 Å². The number of benzene rings is 1. The Morgan fingerprint density at radius 1 is 1.48 bits per heavy atom. The van der Waals surface area contributed by atoms with Crippen molar-refractivity contribution in [1.29, 1.82) is 0 Å². The zero-order valence-corrected chi connectivity index (χ0v) is 13.0. The number of ether oxygens (including phenoxy) is 1. The van der Waals surface area contributed by atoms with Crippen LogP contribution in [0, 0.1) is 0 Å². The highest BCUT2D eigenvalue weighted by molar-refractivity contribution is 6.30. The molecule has 0 fully saturated rings. The van der Waals surface area contributed by atoms with Crippen LogP contribution in [0.5, 0.6) is 5.75 Å². The van der Waals surface area contributed by atoms with Crippen LogP contribution in [0.15, 0.2) is 30.5 Å². The van der Waals surface area contributed by atoms with Gasteiger partial charge in [-0.15, -0.1) is 0 Å². The number of hydrogen-bond acceptors (Lipinski definition) is 4. The Labute approximate surface area is 129 Å². The smallest absolute Gasteiger partial charge is 0.120 e. The monoisotopic (exact) mass is 309 g/mol. The van der Waals surface area contributed by atoms with Gasteiger partial charge in [0.25, 0.3) is 0 Å². The van der Waals surface area contributed by atoms with E-state index >= 15 is 0 Å². The molecule has 2 aromatic rings. The van der Waals surface area contributed by atoms with Crippen molar-refractivity contribution < 1.29 is 9.84 Å². The van der Waals surface area contributed by atoms with Crippen molar-refractivity contribution in [3.63, 3.8) is 0 Å². The molecule has 114 valence electrons. The molecule has 2 rings (SSSR count). The summed E-state index contributed by atoms with van der Waals surface area (Å²) in [6.45, 7) is 2.65. The van der Waals surface area contributed by atoms with Gasteiger partial charge in [-0.05, 0) is 24.6 Å². The fourth-order valence-electron chi connectivity index (χ4n) is 1.98. The van der Waals surface area contributed by atoms with E-state index in [9.17, 15) is 5.11 Å². The lowest BCUT2D eigenvalue weighted by atomic mass is 10.3. The fraction of sp³-hybridized carbons (Fsp3) is 0.400. The number of nitrogens with zero attached hydrogens (tertiary/aromatic N) is 2. The first kappa shape index (κ1) is 15.7. The van der Waals surface area contributed by atoms with Crippen LogP contribution in [0.3, 0.4) is 0 Å². The SMILES string of the molecule is CCc1nn(C)cc1NCC(O)COc1cccc(Cl)c1.